The van der Waals surface area contributed by atoms with Gasteiger partial charge >= 0.3 is 6.36 Å². The molecule has 1 aromatic heterocycles. The maximum absolute atomic E-state index is 12.2. The summed E-state index contributed by atoms with van der Waals surface area (Å²) in [5.41, 5.74) is 0.621. The summed E-state index contributed by atoms with van der Waals surface area (Å²) in [4.78, 5) is 4.27. The molecule has 0 amide bonds. The fourth-order valence-electron chi connectivity index (χ4n) is 2.49. The highest BCUT2D eigenvalue weighted by atomic mass is 19.4. The molecular weight excluding hydrogens is 349 g/mol. The van der Waals surface area contributed by atoms with E-state index in [1.54, 1.807) is 38.4 Å². The van der Waals surface area contributed by atoms with Crippen molar-refractivity contribution in [2.24, 2.45) is 0 Å². The first-order valence-corrected chi connectivity index (χ1v) is 7.80. The van der Waals surface area contributed by atoms with Gasteiger partial charge in [-0.05, 0) is 50.2 Å². The predicted molar refractivity (Wildman–Crippen MR) is 89.2 cm³/mol. The number of hydrogen-bond acceptors (Lipinski definition) is 4. The second kappa shape index (κ2) is 6.53. The maximum Gasteiger partial charge on any atom is 0.573 e. The van der Waals surface area contributed by atoms with E-state index in [-0.39, 0.29) is 5.75 Å². The van der Waals surface area contributed by atoms with Crippen LogP contribution in [0.5, 0.6) is 17.2 Å². The highest BCUT2D eigenvalue weighted by molar-refractivity contribution is 5.77. The van der Waals surface area contributed by atoms with Gasteiger partial charge in [0.2, 0.25) is 0 Å². The average molecular weight is 366 g/mol. The molecule has 138 valence electrons. The third-order valence-electron chi connectivity index (χ3n) is 3.44. The van der Waals surface area contributed by atoms with Gasteiger partial charge in [-0.15, -0.1) is 13.2 Å². The van der Waals surface area contributed by atoms with E-state index in [2.05, 4.69) is 9.72 Å². The first kappa shape index (κ1) is 18.1. The van der Waals surface area contributed by atoms with Crippen molar-refractivity contribution in [3.05, 3.63) is 48.8 Å². The van der Waals surface area contributed by atoms with Gasteiger partial charge in [0.1, 0.15) is 17.2 Å². The van der Waals surface area contributed by atoms with Crippen LogP contribution < -0.4 is 9.47 Å². The summed E-state index contributed by atoms with van der Waals surface area (Å²) in [6.45, 7) is 3.75. The second-order valence-electron chi connectivity index (χ2n) is 6.46. The van der Waals surface area contributed by atoms with Crippen molar-refractivity contribution >= 4 is 11.0 Å². The number of imidazole rings is 1. The number of fused-ring (bicyclic) bond motifs is 1. The molecule has 0 saturated heterocycles. The Labute approximate surface area is 147 Å². The Morgan fingerprint density at radius 1 is 1.00 bits per heavy atom. The van der Waals surface area contributed by atoms with Gasteiger partial charge in [-0.2, -0.15) is 0 Å². The van der Waals surface area contributed by atoms with Crippen LogP contribution in [0.1, 0.15) is 13.8 Å². The van der Waals surface area contributed by atoms with Crippen LogP contribution in [0.25, 0.3) is 11.0 Å². The number of alkyl halides is 3. The molecule has 0 unspecified atom stereocenters. The number of halogens is 3. The quantitative estimate of drug-likeness (QED) is 0.722. The van der Waals surface area contributed by atoms with E-state index in [1.165, 1.54) is 24.3 Å². The van der Waals surface area contributed by atoms with Crippen LogP contribution in [0.15, 0.2) is 48.8 Å². The minimum atomic E-state index is -4.73. The van der Waals surface area contributed by atoms with Gasteiger partial charge in [0.15, 0.2) is 0 Å². The molecule has 3 rings (SSSR count). The van der Waals surface area contributed by atoms with E-state index >= 15 is 0 Å². The van der Waals surface area contributed by atoms with E-state index in [9.17, 15) is 18.3 Å². The number of hydrogen-bond donors (Lipinski definition) is 1. The van der Waals surface area contributed by atoms with Crippen LogP contribution in [-0.4, -0.2) is 26.6 Å². The number of rotatable bonds is 5. The van der Waals surface area contributed by atoms with Crippen molar-refractivity contribution in [1.82, 2.24) is 9.55 Å². The van der Waals surface area contributed by atoms with Crippen molar-refractivity contribution in [3.63, 3.8) is 0 Å². The molecule has 0 fully saturated rings. The Morgan fingerprint density at radius 3 is 2.23 bits per heavy atom. The monoisotopic (exact) mass is 366 g/mol. The topological polar surface area (TPSA) is 56.5 Å². The van der Waals surface area contributed by atoms with Crippen LogP contribution in [0.2, 0.25) is 0 Å². The number of aromatic nitrogens is 2. The first-order chi connectivity index (χ1) is 12.1. The first-order valence-electron chi connectivity index (χ1n) is 7.80. The summed E-state index contributed by atoms with van der Waals surface area (Å²) in [6, 6.07) is 10.4. The molecule has 2 aromatic carbocycles. The Balaban J connectivity index is 1.79. The lowest BCUT2D eigenvalue weighted by atomic mass is 10.1. The second-order valence-corrected chi connectivity index (χ2v) is 6.46. The van der Waals surface area contributed by atoms with Crippen LogP contribution in [-0.2, 0) is 6.54 Å². The Morgan fingerprint density at radius 2 is 1.62 bits per heavy atom. The van der Waals surface area contributed by atoms with E-state index < -0.39 is 12.0 Å². The highest BCUT2D eigenvalue weighted by Crippen LogP contribution is 2.29. The molecule has 5 nitrogen and oxygen atoms in total. The summed E-state index contributed by atoms with van der Waals surface area (Å²) >= 11 is 0. The standard InChI is InChI=1S/C18H17F3N2O3/c1-17(2,24)10-23-11-22-15-8-7-14(9-16(15)23)25-12-3-5-13(6-4-12)26-18(19,20)21/h3-9,11,24H,10H2,1-2H3. The van der Waals surface area contributed by atoms with Crippen LogP contribution in [0.4, 0.5) is 13.2 Å². The molecule has 3 aromatic rings. The van der Waals surface area contributed by atoms with Gasteiger partial charge in [-0.25, -0.2) is 4.98 Å². The fraction of sp³-hybridized carbons (Fsp3) is 0.278. The number of nitrogens with zero attached hydrogens (tertiary/aromatic N) is 2. The van der Waals surface area contributed by atoms with Gasteiger partial charge in [0.25, 0.3) is 0 Å². The highest BCUT2D eigenvalue weighted by Gasteiger charge is 2.31. The zero-order valence-corrected chi connectivity index (χ0v) is 14.1. The van der Waals surface area contributed by atoms with Gasteiger partial charge in [-0.1, -0.05) is 0 Å². The summed E-state index contributed by atoms with van der Waals surface area (Å²) in [7, 11) is 0. The average Bonchev–Trinajstić information content (AvgIpc) is 2.88. The van der Waals surface area contributed by atoms with Gasteiger partial charge in [0.05, 0.1) is 29.5 Å². The molecule has 0 radical (unpaired) electrons. The summed E-state index contributed by atoms with van der Waals surface area (Å²) in [5.74, 6) is 0.551. The van der Waals surface area contributed by atoms with Crippen LogP contribution in [0, 0.1) is 0 Å². The van der Waals surface area contributed by atoms with E-state index in [0.717, 1.165) is 11.0 Å². The number of benzene rings is 2. The summed E-state index contributed by atoms with van der Waals surface area (Å²) in [5, 5.41) is 9.99. The fourth-order valence-corrected chi connectivity index (χ4v) is 2.49. The van der Waals surface area contributed by atoms with Crippen molar-refractivity contribution in [2.75, 3.05) is 0 Å². The van der Waals surface area contributed by atoms with Crippen LogP contribution in [0.3, 0.4) is 0 Å². The molecule has 0 aliphatic carbocycles. The van der Waals surface area contributed by atoms with E-state index in [0.29, 0.717) is 18.0 Å². The molecule has 1 heterocycles. The lowest BCUT2D eigenvalue weighted by Crippen LogP contribution is -2.25. The normalized spacial score (nSPS) is 12.4. The third kappa shape index (κ3) is 4.66. The third-order valence-corrected chi connectivity index (χ3v) is 3.44. The van der Waals surface area contributed by atoms with E-state index in [1.807, 2.05) is 4.57 Å². The predicted octanol–water partition coefficient (Wildman–Crippen LogP) is 4.50. The zero-order valence-electron chi connectivity index (χ0n) is 14.1. The zero-order chi connectivity index (χ0) is 18.9. The Kier molecular flexibility index (Phi) is 4.53. The SMILES string of the molecule is CC(C)(O)Cn1cnc2ccc(Oc3ccc(OC(F)(F)F)cc3)cc21. The molecule has 1 N–H and O–H groups in total. The summed E-state index contributed by atoms with van der Waals surface area (Å²) < 4.78 is 47.9. The Bertz CT molecular complexity index is 897. The largest absolute Gasteiger partial charge is 0.573 e. The lowest BCUT2D eigenvalue weighted by molar-refractivity contribution is -0.274. The molecule has 0 spiro atoms. The van der Waals surface area contributed by atoms with Gasteiger partial charge in [0, 0.05) is 6.07 Å². The minimum absolute atomic E-state index is 0.316. The Hall–Kier alpha value is -2.74. The van der Waals surface area contributed by atoms with Gasteiger partial charge < -0.3 is 19.1 Å². The number of ether oxygens (including phenoxy) is 2. The molecule has 0 aliphatic heterocycles. The molecule has 26 heavy (non-hydrogen) atoms. The number of aliphatic hydroxyl groups is 1. The molecule has 0 atom stereocenters. The molecule has 0 aliphatic rings. The maximum atomic E-state index is 12.2. The van der Waals surface area contributed by atoms with Crippen LogP contribution >= 0.6 is 0 Å². The summed E-state index contributed by atoms with van der Waals surface area (Å²) in [6.07, 6.45) is -3.10. The van der Waals surface area contributed by atoms with Crippen molar-refractivity contribution < 1.29 is 27.8 Å². The van der Waals surface area contributed by atoms with Crippen molar-refractivity contribution in [3.8, 4) is 17.2 Å². The minimum Gasteiger partial charge on any atom is -0.457 e. The van der Waals surface area contributed by atoms with Gasteiger partial charge in [-0.3, -0.25) is 0 Å². The molecular formula is C18H17F3N2O3. The smallest absolute Gasteiger partial charge is 0.457 e. The van der Waals surface area contributed by atoms with E-state index in [4.69, 9.17) is 4.74 Å². The molecule has 8 heteroatoms. The molecule has 0 saturated carbocycles. The molecule has 0 bridgehead atoms. The van der Waals surface area contributed by atoms with Crippen molar-refractivity contribution in [2.45, 2.75) is 32.4 Å². The van der Waals surface area contributed by atoms with Crippen molar-refractivity contribution in [1.29, 1.82) is 0 Å². The lowest BCUT2D eigenvalue weighted by Gasteiger charge is -2.18.